The van der Waals surface area contributed by atoms with Crippen LogP contribution in [-0.2, 0) is 16.0 Å². The summed E-state index contributed by atoms with van der Waals surface area (Å²) in [6.45, 7) is 3.07. The topological polar surface area (TPSA) is 72.6 Å². The van der Waals surface area contributed by atoms with Crippen LogP contribution in [0.25, 0.3) is 0 Å². The van der Waals surface area contributed by atoms with Crippen molar-refractivity contribution in [3.63, 3.8) is 0 Å². The molecule has 5 nitrogen and oxygen atoms in total. The van der Waals surface area contributed by atoms with Crippen molar-refractivity contribution in [1.82, 2.24) is 5.16 Å². The van der Waals surface area contributed by atoms with Crippen molar-refractivity contribution in [3.8, 4) is 0 Å². The molecule has 0 bridgehead atoms. The van der Waals surface area contributed by atoms with Crippen LogP contribution in [0.1, 0.15) is 29.4 Å². The summed E-state index contributed by atoms with van der Waals surface area (Å²) in [6.07, 6.45) is 0.850. The van der Waals surface area contributed by atoms with E-state index in [-0.39, 0.29) is 12.3 Å². The summed E-state index contributed by atoms with van der Waals surface area (Å²) in [6, 6.07) is 0. The zero-order chi connectivity index (χ0) is 10.8. The molecule has 1 aliphatic rings. The summed E-state index contributed by atoms with van der Waals surface area (Å²) < 4.78 is 10.4. The molecule has 0 aliphatic carbocycles. The van der Waals surface area contributed by atoms with Gasteiger partial charge in [0.1, 0.15) is 5.76 Å². The van der Waals surface area contributed by atoms with Crippen LogP contribution in [0.2, 0.25) is 0 Å². The molecule has 1 fully saturated rings. The van der Waals surface area contributed by atoms with Gasteiger partial charge in [0.25, 0.3) is 0 Å². The second-order valence-electron chi connectivity index (χ2n) is 3.74. The maximum Gasteiger partial charge on any atom is 0.308 e. The Bertz CT molecular complexity index is 365. The number of nitrogens with zero attached hydrogens (tertiary/aromatic N) is 1. The van der Waals surface area contributed by atoms with Gasteiger partial charge in [0.15, 0.2) is 0 Å². The lowest BCUT2D eigenvalue weighted by atomic mass is 9.99. The van der Waals surface area contributed by atoms with Gasteiger partial charge < -0.3 is 14.4 Å². The van der Waals surface area contributed by atoms with Crippen molar-refractivity contribution in [3.05, 3.63) is 17.0 Å². The third-order valence-electron chi connectivity index (χ3n) is 2.64. The van der Waals surface area contributed by atoms with Gasteiger partial charge in [-0.1, -0.05) is 5.16 Å². The molecule has 15 heavy (non-hydrogen) atoms. The minimum atomic E-state index is -0.860. The number of carboxylic acid groups (broad SMARTS) is 1. The number of ether oxygens (including phenoxy) is 1. The zero-order valence-corrected chi connectivity index (χ0v) is 8.52. The number of aliphatic carboxylic acids is 1. The Labute approximate surface area is 87.0 Å². The maximum absolute atomic E-state index is 10.7. The van der Waals surface area contributed by atoms with Crippen molar-refractivity contribution in [2.45, 2.75) is 25.7 Å². The van der Waals surface area contributed by atoms with Crippen LogP contribution in [0.4, 0.5) is 0 Å². The summed E-state index contributed by atoms with van der Waals surface area (Å²) in [5.74, 6) is -0.00517. The van der Waals surface area contributed by atoms with E-state index in [2.05, 4.69) is 5.16 Å². The molecular formula is C10H13NO4. The minimum absolute atomic E-state index is 0.0266. The number of hydrogen-bond donors (Lipinski definition) is 1. The van der Waals surface area contributed by atoms with Gasteiger partial charge in [-0.05, 0) is 13.3 Å². The van der Waals surface area contributed by atoms with Gasteiger partial charge in [-0.25, -0.2) is 0 Å². The normalized spacial score (nSPS) is 20.7. The predicted octanol–water partition coefficient (Wildman–Crippen LogP) is 1.11. The van der Waals surface area contributed by atoms with Crippen molar-refractivity contribution >= 4 is 5.97 Å². The first-order chi connectivity index (χ1) is 7.18. The first kappa shape index (κ1) is 10.2. The van der Waals surface area contributed by atoms with E-state index >= 15 is 0 Å². The van der Waals surface area contributed by atoms with E-state index in [0.717, 1.165) is 6.42 Å². The molecule has 82 valence electrons. The highest BCUT2D eigenvalue weighted by atomic mass is 16.5. The molecule has 0 aromatic carbocycles. The number of carboxylic acids is 1. The molecule has 0 spiro atoms. The van der Waals surface area contributed by atoms with E-state index < -0.39 is 5.97 Å². The Morgan fingerprint density at radius 2 is 2.47 bits per heavy atom. The summed E-state index contributed by atoms with van der Waals surface area (Å²) in [7, 11) is 0. The van der Waals surface area contributed by atoms with Gasteiger partial charge >= 0.3 is 5.97 Å². The highest BCUT2D eigenvalue weighted by Crippen LogP contribution is 2.29. The molecule has 1 aromatic rings. The third kappa shape index (κ3) is 2.02. The molecule has 0 radical (unpaired) electrons. The van der Waals surface area contributed by atoms with E-state index in [1.54, 1.807) is 6.92 Å². The molecule has 1 aliphatic heterocycles. The molecule has 1 atom stereocenters. The van der Waals surface area contributed by atoms with Gasteiger partial charge in [-0.15, -0.1) is 0 Å². The molecule has 0 saturated carbocycles. The highest BCUT2D eigenvalue weighted by Gasteiger charge is 2.27. The lowest BCUT2D eigenvalue weighted by molar-refractivity contribution is -0.136. The smallest absolute Gasteiger partial charge is 0.308 e. The van der Waals surface area contributed by atoms with Crippen LogP contribution in [-0.4, -0.2) is 29.4 Å². The van der Waals surface area contributed by atoms with Gasteiger partial charge in [-0.3, -0.25) is 4.79 Å². The van der Waals surface area contributed by atoms with Crippen LogP contribution in [0, 0.1) is 6.92 Å². The highest BCUT2D eigenvalue weighted by molar-refractivity contribution is 5.70. The molecule has 0 amide bonds. The number of aromatic nitrogens is 1. The van der Waals surface area contributed by atoms with Gasteiger partial charge in [0, 0.05) is 18.1 Å². The van der Waals surface area contributed by atoms with E-state index in [1.165, 1.54) is 0 Å². The maximum atomic E-state index is 10.7. The van der Waals surface area contributed by atoms with Crippen molar-refractivity contribution < 1.29 is 19.2 Å². The Morgan fingerprint density at radius 1 is 1.67 bits per heavy atom. The van der Waals surface area contributed by atoms with Gasteiger partial charge in [0.05, 0.1) is 18.7 Å². The Balaban J connectivity index is 2.25. The quantitative estimate of drug-likeness (QED) is 0.810. The minimum Gasteiger partial charge on any atom is -0.481 e. The van der Waals surface area contributed by atoms with E-state index in [9.17, 15) is 4.79 Å². The van der Waals surface area contributed by atoms with Crippen LogP contribution >= 0.6 is 0 Å². The fourth-order valence-electron chi connectivity index (χ4n) is 1.83. The Kier molecular flexibility index (Phi) is 2.73. The molecule has 5 heteroatoms. The molecule has 1 unspecified atom stereocenters. The van der Waals surface area contributed by atoms with Crippen molar-refractivity contribution in [2.75, 3.05) is 13.2 Å². The Hall–Kier alpha value is -1.36. The molecule has 1 aromatic heterocycles. The second-order valence-corrected chi connectivity index (χ2v) is 3.74. The number of hydrogen-bond acceptors (Lipinski definition) is 4. The first-order valence-electron chi connectivity index (χ1n) is 4.93. The van der Waals surface area contributed by atoms with Crippen molar-refractivity contribution in [1.29, 1.82) is 0 Å². The van der Waals surface area contributed by atoms with E-state index in [0.29, 0.717) is 30.2 Å². The van der Waals surface area contributed by atoms with Crippen LogP contribution in [0.15, 0.2) is 4.52 Å². The summed E-state index contributed by atoms with van der Waals surface area (Å²) in [5.41, 5.74) is 1.37. The average Bonchev–Trinajstić information content (AvgIpc) is 2.76. The fraction of sp³-hybridized carbons (Fsp3) is 0.600. The lowest BCUT2D eigenvalue weighted by Crippen LogP contribution is -2.06. The molecule has 1 saturated heterocycles. The largest absolute Gasteiger partial charge is 0.481 e. The standard InChI is InChI=1S/C10H13NO4/c1-6-8(4-9(12)13)10(15-11-6)7-2-3-14-5-7/h7H,2-5H2,1H3,(H,12,13). The number of aryl methyl sites for hydroxylation is 1. The molecular weight excluding hydrogens is 198 g/mol. The molecule has 1 N–H and O–H groups in total. The van der Waals surface area contributed by atoms with Crippen LogP contribution < -0.4 is 0 Å². The summed E-state index contributed by atoms with van der Waals surface area (Å²) >= 11 is 0. The number of carbonyl (C=O) groups is 1. The summed E-state index contributed by atoms with van der Waals surface area (Å²) in [4.78, 5) is 10.7. The number of rotatable bonds is 3. The zero-order valence-electron chi connectivity index (χ0n) is 8.52. The monoisotopic (exact) mass is 211 g/mol. The van der Waals surface area contributed by atoms with Crippen molar-refractivity contribution in [2.24, 2.45) is 0 Å². The lowest BCUT2D eigenvalue weighted by Gasteiger charge is -2.04. The predicted molar refractivity (Wildman–Crippen MR) is 50.8 cm³/mol. The first-order valence-corrected chi connectivity index (χ1v) is 4.93. The average molecular weight is 211 g/mol. The third-order valence-corrected chi connectivity index (χ3v) is 2.64. The van der Waals surface area contributed by atoms with Gasteiger partial charge in [-0.2, -0.15) is 0 Å². The SMILES string of the molecule is Cc1noc(C2CCOC2)c1CC(=O)O. The van der Waals surface area contributed by atoms with Gasteiger partial charge in [0.2, 0.25) is 0 Å². The fourth-order valence-corrected chi connectivity index (χ4v) is 1.83. The Morgan fingerprint density at radius 3 is 3.07 bits per heavy atom. The van der Waals surface area contributed by atoms with Crippen LogP contribution in [0.3, 0.4) is 0 Å². The van der Waals surface area contributed by atoms with E-state index in [1.807, 2.05) is 0 Å². The second kappa shape index (κ2) is 4.02. The molecule has 2 heterocycles. The molecule has 2 rings (SSSR count). The van der Waals surface area contributed by atoms with Crippen LogP contribution in [0.5, 0.6) is 0 Å². The summed E-state index contributed by atoms with van der Waals surface area (Å²) in [5, 5.41) is 12.6. The van der Waals surface area contributed by atoms with E-state index in [4.69, 9.17) is 14.4 Å².